The second-order valence-electron chi connectivity index (χ2n) is 2.52. The van der Waals surface area contributed by atoms with E-state index in [1.54, 1.807) is 0 Å². The zero-order chi connectivity index (χ0) is 9.84. The Morgan fingerprint density at radius 3 is 2.85 bits per heavy atom. The number of hydrogen-bond donors (Lipinski definition) is 1. The molecule has 13 heavy (non-hydrogen) atoms. The first kappa shape index (κ1) is 10.3. The van der Waals surface area contributed by atoms with E-state index < -0.39 is 6.09 Å². The van der Waals surface area contributed by atoms with Crippen LogP contribution < -0.4 is 5.32 Å². The number of hydrogen-bond acceptors (Lipinski definition) is 5. The highest BCUT2D eigenvalue weighted by Gasteiger charge is 2.26. The lowest BCUT2D eigenvalue weighted by Gasteiger charge is -2.00. The van der Waals surface area contributed by atoms with Gasteiger partial charge in [0.05, 0.1) is 0 Å². The molecule has 1 amide bonds. The molecular weight excluding hydrogens is 192 g/mol. The van der Waals surface area contributed by atoms with Crippen LogP contribution in [0, 0.1) is 0 Å². The highest BCUT2D eigenvalue weighted by Crippen LogP contribution is 2.27. The van der Waals surface area contributed by atoms with E-state index in [1.807, 2.05) is 13.8 Å². The number of nitrogens with one attached hydrogen (secondary N) is 1. The van der Waals surface area contributed by atoms with Crippen LogP contribution in [-0.4, -0.2) is 29.7 Å². The summed E-state index contributed by atoms with van der Waals surface area (Å²) in [6.07, 6.45) is -0.662. The van der Waals surface area contributed by atoms with Crippen molar-refractivity contribution >= 4 is 22.9 Å². The van der Waals surface area contributed by atoms with Crippen molar-refractivity contribution < 1.29 is 14.4 Å². The molecule has 0 aromatic heterocycles. The maximum Gasteiger partial charge on any atom is 0.433 e. The molecule has 1 fully saturated rings. The molecule has 1 rings (SSSR count). The average molecular weight is 204 g/mol. The first-order chi connectivity index (χ1) is 6.13. The van der Waals surface area contributed by atoms with E-state index >= 15 is 0 Å². The monoisotopic (exact) mass is 204 g/mol. The number of ether oxygens (including phenoxy) is 1. The van der Waals surface area contributed by atoms with Crippen LogP contribution in [0.25, 0.3) is 0 Å². The summed E-state index contributed by atoms with van der Waals surface area (Å²) >= 11 is 1.45. The van der Waals surface area contributed by atoms with Gasteiger partial charge in [0.25, 0.3) is 0 Å². The molecule has 0 radical (unpaired) electrons. The Morgan fingerprint density at radius 1 is 1.69 bits per heavy atom. The van der Waals surface area contributed by atoms with Crippen molar-refractivity contribution in [1.29, 1.82) is 0 Å². The van der Waals surface area contributed by atoms with Gasteiger partial charge in [-0.05, 0) is 13.8 Å². The van der Waals surface area contributed by atoms with Gasteiger partial charge in [0, 0.05) is 7.05 Å². The summed E-state index contributed by atoms with van der Waals surface area (Å²) in [5, 5.41) is 6.66. The Hall–Kier alpha value is -0.750. The predicted molar refractivity (Wildman–Crippen MR) is 50.6 cm³/mol. The average Bonchev–Trinajstić information content (AvgIpc) is 2.41. The van der Waals surface area contributed by atoms with Gasteiger partial charge in [-0.25, -0.2) is 4.79 Å². The minimum atomic E-state index is -0.570. The lowest BCUT2D eigenvalue weighted by molar-refractivity contribution is 0.107. The highest BCUT2D eigenvalue weighted by atomic mass is 32.2. The molecule has 0 bridgehead atoms. The molecule has 1 saturated heterocycles. The van der Waals surface area contributed by atoms with Crippen molar-refractivity contribution in [1.82, 2.24) is 5.32 Å². The summed E-state index contributed by atoms with van der Waals surface area (Å²) in [6, 6.07) is 0. The van der Waals surface area contributed by atoms with Crippen molar-refractivity contribution in [2.75, 3.05) is 7.05 Å². The Bertz CT molecular complexity index is 232. The van der Waals surface area contributed by atoms with E-state index in [1.165, 1.54) is 18.8 Å². The fraction of sp³-hybridized carbons (Fsp3) is 0.714. The third-order valence-electron chi connectivity index (χ3n) is 1.45. The van der Waals surface area contributed by atoms with Crippen LogP contribution in [0.5, 0.6) is 0 Å². The fourth-order valence-electron chi connectivity index (χ4n) is 0.867. The summed E-state index contributed by atoms with van der Waals surface area (Å²) in [4.78, 5) is 15.2. The van der Waals surface area contributed by atoms with Gasteiger partial charge in [-0.2, -0.15) is 0 Å². The second-order valence-corrected chi connectivity index (χ2v) is 3.84. The number of carbonyl (C=O) groups excluding carboxylic acids is 1. The van der Waals surface area contributed by atoms with E-state index in [-0.39, 0.29) is 11.5 Å². The van der Waals surface area contributed by atoms with Crippen LogP contribution in [-0.2, 0) is 9.57 Å². The number of carbonyl (C=O) groups is 1. The van der Waals surface area contributed by atoms with Crippen molar-refractivity contribution in [3.05, 3.63) is 0 Å². The molecule has 0 aliphatic carbocycles. The minimum Gasteiger partial charge on any atom is -0.358 e. The second kappa shape index (κ2) is 4.48. The van der Waals surface area contributed by atoms with Gasteiger partial charge in [0.2, 0.25) is 0 Å². The first-order valence-electron chi connectivity index (χ1n) is 3.92. The van der Waals surface area contributed by atoms with E-state index in [2.05, 4.69) is 15.3 Å². The van der Waals surface area contributed by atoms with E-state index in [9.17, 15) is 4.79 Å². The molecule has 1 aliphatic rings. The van der Waals surface area contributed by atoms with E-state index in [0.717, 1.165) is 0 Å². The number of oxime groups is 1. The normalized spacial score (nSPS) is 30.5. The molecule has 0 aromatic carbocycles. The van der Waals surface area contributed by atoms with Gasteiger partial charge >= 0.3 is 6.09 Å². The van der Waals surface area contributed by atoms with Crippen LogP contribution in [0.1, 0.15) is 13.8 Å². The summed E-state index contributed by atoms with van der Waals surface area (Å²) in [5.74, 6) is 0. The largest absolute Gasteiger partial charge is 0.433 e. The van der Waals surface area contributed by atoms with Crippen LogP contribution >= 0.6 is 11.8 Å². The molecule has 6 heteroatoms. The fourth-order valence-corrected chi connectivity index (χ4v) is 1.76. The van der Waals surface area contributed by atoms with Gasteiger partial charge in [-0.3, -0.25) is 4.84 Å². The van der Waals surface area contributed by atoms with Gasteiger partial charge < -0.3 is 10.1 Å². The van der Waals surface area contributed by atoms with Gasteiger partial charge in [0.1, 0.15) is 16.6 Å². The Kier molecular flexibility index (Phi) is 3.56. The Labute approximate surface area is 80.8 Å². The maximum atomic E-state index is 10.7. The third kappa shape index (κ3) is 2.89. The molecule has 0 spiro atoms. The number of nitrogens with zero attached hydrogens (tertiary/aromatic N) is 1. The van der Waals surface area contributed by atoms with Crippen molar-refractivity contribution in [2.24, 2.45) is 5.16 Å². The molecule has 0 saturated carbocycles. The topological polar surface area (TPSA) is 59.9 Å². The van der Waals surface area contributed by atoms with Gasteiger partial charge in [0.15, 0.2) is 0 Å². The quantitative estimate of drug-likeness (QED) is 0.514. The standard InChI is InChI=1S/C7H12N2O3S/c1-4-6(13-5(2)11-4)9-12-7(10)8-3/h4-5H,1-3H3,(H,8,10)/b9-6-. The Morgan fingerprint density at radius 2 is 2.38 bits per heavy atom. The lowest BCUT2D eigenvalue weighted by atomic mass is 10.4. The minimum absolute atomic E-state index is 0.0713. The summed E-state index contributed by atoms with van der Waals surface area (Å²) in [7, 11) is 1.48. The molecule has 74 valence electrons. The van der Waals surface area contributed by atoms with Crippen molar-refractivity contribution in [3.8, 4) is 0 Å². The SMILES string of the molecule is CNC(=O)O/N=C1\SC(C)OC1C. The first-order valence-corrected chi connectivity index (χ1v) is 4.80. The maximum absolute atomic E-state index is 10.7. The molecule has 1 N–H and O–H groups in total. The summed E-state index contributed by atoms with van der Waals surface area (Å²) in [5.41, 5.74) is 0.0713. The molecule has 1 heterocycles. The number of amides is 1. The van der Waals surface area contributed by atoms with E-state index in [0.29, 0.717) is 5.04 Å². The molecule has 2 unspecified atom stereocenters. The molecule has 0 aromatic rings. The Balaban J connectivity index is 2.47. The smallest absolute Gasteiger partial charge is 0.358 e. The van der Waals surface area contributed by atoms with Crippen LogP contribution in [0.3, 0.4) is 0 Å². The highest BCUT2D eigenvalue weighted by molar-refractivity contribution is 8.14. The van der Waals surface area contributed by atoms with Crippen molar-refractivity contribution in [2.45, 2.75) is 25.4 Å². The van der Waals surface area contributed by atoms with Gasteiger partial charge in [-0.1, -0.05) is 16.9 Å². The van der Waals surface area contributed by atoms with Crippen LogP contribution in [0.15, 0.2) is 5.16 Å². The van der Waals surface area contributed by atoms with Crippen LogP contribution in [0.2, 0.25) is 0 Å². The molecular formula is C7H12N2O3S. The number of thioether (sulfide) groups is 1. The van der Waals surface area contributed by atoms with Crippen molar-refractivity contribution in [3.63, 3.8) is 0 Å². The van der Waals surface area contributed by atoms with Crippen LogP contribution in [0.4, 0.5) is 4.79 Å². The number of rotatable bonds is 1. The zero-order valence-electron chi connectivity index (χ0n) is 7.73. The lowest BCUT2D eigenvalue weighted by Crippen LogP contribution is -2.18. The van der Waals surface area contributed by atoms with Gasteiger partial charge in [-0.15, -0.1) is 0 Å². The molecule has 1 aliphatic heterocycles. The summed E-state index contributed by atoms with van der Waals surface area (Å²) in [6.45, 7) is 3.78. The third-order valence-corrected chi connectivity index (χ3v) is 2.54. The predicted octanol–water partition coefficient (Wildman–Crippen LogP) is 1.15. The zero-order valence-corrected chi connectivity index (χ0v) is 8.55. The molecule has 5 nitrogen and oxygen atoms in total. The summed E-state index contributed by atoms with van der Waals surface area (Å²) < 4.78 is 5.36. The molecule has 2 atom stereocenters. The van der Waals surface area contributed by atoms with E-state index in [4.69, 9.17) is 4.74 Å².